The van der Waals surface area contributed by atoms with Gasteiger partial charge in [-0.15, -0.1) is 0 Å². The summed E-state index contributed by atoms with van der Waals surface area (Å²) < 4.78 is 1.65. The lowest BCUT2D eigenvalue weighted by Gasteiger charge is -2.01. The van der Waals surface area contributed by atoms with Crippen LogP contribution in [-0.4, -0.2) is 14.8 Å². The molecule has 14 heavy (non-hydrogen) atoms. The molecule has 0 bridgehead atoms. The molecule has 0 aromatic carbocycles. The molecule has 2 aromatic heterocycles. The van der Waals surface area contributed by atoms with Gasteiger partial charge in [-0.1, -0.05) is 0 Å². The van der Waals surface area contributed by atoms with E-state index in [1.165, 1.54) is 0 Å². The molecule has 0 unspecified atom stereocenters. The zero-order chi connectivity index (χ0) is 9.97. The number of hydrogen-bond donors (Lipinski definition) is 0. The molecule has 0 amide bonds. The number of aryl methyl sites for hydroxylation is 1. The van der Waals surface area contributed by atoms with Crippen LogP contribution in [0.4, 0.5) is 0 Å². The minimum Gasteiger partial charge on any atom is -0.262 e. The number of rotatable bonds is 1. The first-order valence-corrected chi connectivity index (χ1v) is 4.18. The van der Waals surface area contributed by atoms with Gasteiger partial charge in [0.15, 0.2) is 0 Å². The normalized spacial score (nSPS) is 9.71. The maximum Gasteiger partial charge on any atom is 0.102 e. The lowest BCUT2D eigenvalue weighted by molar-refractivity contribution is 0.854. The van der Waals surface area contributed by atoms with E-state index in [9.17, 15) is 0 Å². The van der Waals surface area contributed by atoms with Gasteiger partial charge in [-0.05, 0) is 19.1 Å². The van der Waals surface area contributed by atoms with Gasteiger partial charge >= 0.3 is 0 Å². The summed E-state index contributed by atoms with van der Waals surface area (Å²) in [5.41, 5.74) is 2.20. The van der Waals surface area contributed by atoms with E-state index in [1.807, 2.05) is 19.2 Å². The molecule has 4 nitrogen and oxygen atoms in total. The van der Waals surface area contributed by atoms with Gasteiger partial charge in [0.1, 0.15) is 11.8 Å². The van der Waals surface area contributed by atoms with E-state index in [-0.39, 0.29) is 0 Å². The molecule has 4 heteroatoms. The van der Waals surface area contributed by atoms with Gasteiger partial charge in [0.25, 0.3) is 0 Å². The predicted octanol–water partition coefficient (Wildman–Crippen LogP) is 1.45. The summed E-state index contributed by atoms with van der Waals surface area (Å²) in [6.45, 7) is 1.90. The molecule has 0 spiro atoms. The smallest absolute Gasteiger partial charge is 0.102 e. The highest BCUT2D eigenvalue weighted by atomic mass is 15.3. The molecule has 0 N–H and O–H groups in total. The summed E-state index contributed by atoms with van der Waals surface area (Å²) in [5.74, 6) is 0. The Labute approximate surface area is 81.4 Å². The maximum atomic E-state index is 8.87. The van der Waals surface area contributed by atoms with Crippen LogP contribution >= 0.6 is 0 Å². The van der Waals surface area contributed by atoms with E-state index < -0.39 is 0 Å². The topological polar surface area (TPSA) is 54.5 Å². The fraction of sp³-hybridized carbons (Fsp3) is 0.100. The van der Waals surface area contributed by atoms with E-state index in [0.717, 1.165) is 5.69 Å². The van der Waals surface area contributed by atoms with Crippen molar-refractivity contribution in [3.05, 3.63) is 42.0 Å². The second-order valence-electron chi connectivity index (χ2n) is 2.91. The Morgan fingerprint density at radius 2 is 2.29 bits per heavy atom. The summed E-state index contributed by atoms with van der Waals surface area (Å²) >= 11 is 0. The van der Waals surface area contributed by atoms with E-state index >= 15 is 0 Å². The van der Waals surface area contributed by atoms with Gasteiger partial charge in [0, 0.05) is 12.4 Å². The first kappa shape index (κ1) is 8.45. The van der Waals surface area contributed by atoms with Crippen LogP contribution in [0.5, 0.6) is 0 Å². The summed E-state index contributed by atoms with van der Waals surface area (Å²) in [7, 11) is 0. The van der Waals surface area contributed by atoms with Crippen molar-refractivity contribution in [2.24, 2.45) is 0 Å². The zero-order valence-corrected chi connectivity index (χ0v) is 7.68. The highest BCUT2D eigenvalue weighted by Gasteiger charge is 2.03. The molecule has 0 radical (unpaired) electrons. The van der Waals surface area contributed by atoms with Crippen LogP contribution < -0.4 is 0 Å². The molecule has 2 aromatic rings. The quantitative estimate of drug-likeness (QED) is 0.674. The van der Waals surface area contributed by atoms with E-state index in [4.69, 9.17) is 5.26 Å². The molecule has 0 aliphatic carbocycles. The number of pyridine rings is 1. The first-order chi connectivity index (χ1) is 6.81. The van der Waals surface area contributed by atoms with Gasteiger partial charge < -0.3 is 0 Å². The number of nitriles is 1. The summed E-state index contributed by atoms with van der Waals surface area (Å²) in [6.07, 6.45) is 5.04. The Hall–Kier alpha value is -2.15. The molecular weight excluding hydrogens is 176 g/mol. The van der Waals surface area contributed by atoms with Crippen molar-refractivity contribution in [2.45, 2.75) is 6.92 Å². The Kier molecular flexibility index (Phi) is 1.99. The molecule has 0 aliphatic heterocycles. The summed E-state index contributed by atoms with van der Waals surface area (Å²) in [6, 6.07) is 5.66. The van der Waals surface area contributed by atoms with Gasteiger partial charge in [-0.25, -0.2) is 4.68 Å². The number of aromatic nitrogens is 3. The van der Waals surface area contributed by atoms with Crippen LogP contribution in [-0.2, 0) is 0 Å². The van der Waals surface area contributed by atoms with Crippen LogP contribution in [0.2, 0.25) is 0 Å². The van der Waals surface area contributed by atoms with Gasteiger partial charge in [0.2, 0.25) is 0 Å². The second kappa shape index (κ2) is 3.30. The third-order valence-corrected chi connectivity index (χ3v) is 1.89. The van der Waals surface area contributed by atoms with Gasteiger partial charge in [-0.2, -0.15) is 10.4 Å². The van der Waals surface area contributed by atoms with Crippen LogP contribution in [0.15, 0.2) is 30.7 Å². The summed E-state index contributed by atoms with van der Waals surface area (Å²) in [5, 5.41) is 13.1. The average molecular weight is 184 g/mol. The highest BCUT2D eigenvalue weighted by molar-refractivity contribution is 5.45. The number of nitrogens with zero attached hydrogens (tertiary/aromatic N) is 4. The minimum absolute atomic E-state index is 0.572. The van der Waals surface area contributed by atoms with Crippen molar-refractivity contribution in [1.29, 1.82) is 5.26 Å². The van der Waals surface area contributed by atoms with Crippen LogP contribution in [0, 0.1) is 18.3 Å². The van der Waals surface area contributed by atoms with E-state index in [2.05, 4.69) is 16.2 Å². The monoisotopic (exact) mass is 184 g/mol. The van der Waals surface area contributed by atoms with Crippen LogP contribution in [0.25, 0.3) is 5.69 Å². The Morgan fingerprint density at radius 3 is 2.93 bits per heavy atom. The maximum absolute atomic E-state index is 8.87. The molecule has 0 aliphatic rings. The van der Waals surface area contributed by atoms with Gasteiger partial charge in [0.05, 0.1) is 17.5 Å². The zero-order valence-electron chi connectivity index (χ0n) is 7.68. The van der Waals surface area contributed by atoms with Crippen LogP contribution in [0.1, 0.15) is 11.3 Å². The molecule has 0 saturated heterocycles. The molecule has 0 saturated carbocycles. The number of hydrogen-bond acceptors (Lipinski definition) is 3. The van der Waals surface area contributed by atoms with Gasteiger partial charge in [-0.3, -0.25) is 4.98 Å². The average Bonchev–Trinajstić information content (AvgIpc) is 2.65. The Balaban J connectivity index is 2.57. The van der Waals surface area contributed by atoms with Crippen molar-refractivity contribution < 1.29 is 0 Å². The standard InChI is InChI=1S/C10H8N4/c1-8-3-5-14(13-8)10-7-12-4-2-9(10)6-11/h2-5,7H,1H3. The second-order valence-corrected chi connectivity index (χ2v) is 2.91. The fourth-order valence-electron chi connectivity index (χ4n) is 1.21. The lowest BCUT2D eigenvalue weighted by atomic mass is 10.2. The van der Waals surface area contributed by atoms with E-state index in [0.29, 0.717) is 11.3 Å². The predicted molar refractivity (Wildman–Crippen MR) is 50.8 cm³/mol. The van der Waals surface area contributed by atoms with Crippen LogP contribution in [0.3, 0.4) is 0 Å². The largest absolute Gasteiger partial charge is 0.262 e. The van der Waals surface area contributed by atoms with E-state index in [1.54, 1.807) is 23.1 Å². The van der Waals surface area contributed by atoms with Crippen molar-refractivity contribution in [3.8, 4) is 11.8 Å². The molecule has 2 rings (SSSR count). The Morgan fingerprint density at radius 1 is 1.43 bits per heavy atom. The molecular formula is C10H8N4. The highest BCUT2D eigenvalue weighted by Crippen LogP contribution is 2.10. The lowest BCUT2D eigenvalue weighted by Crippen LogP contribution is -1.98. The SMILES string of the molecule is Cc1ccn(-c2cnccc2C#N)n1. The third kappa shape index (κ3) is 1.36. The Bertz CT molecular complexity index is 493. The first-order valence-electron chi connectivity index (χ1n) is 4.18. The fourth-order valence-corrected chi connectivity index (χ4v) is 1.21. The molecule has 68 valence electrons. The molecule has 0 atom stereocenters. The van der Waals surface area contributed by atoms with Crippen molar-refractivity contribution in [3.63, 3.8) is 0 Å². The molecule has 2 heterocycles. The third-order valence-electron chi connectivity index (χ3n) is 1.89. The molecule has 0 fully saturated rings. The summed E-state index contributed by atoms with van der Waals surface area (Å²) in [4.78, 5) is 3.97. The van der Waals surface area contributed by atoms with Crippen molar-refractivity contribution >= 4 is 0 Å². The minimum atomic E-state index is 0.572. The van der Waals surface area contributed by atoms with Crippen molar-refractivity contribution in [2.75, 3.05) is 0 Å². The van der Waals surface area contributed by atoms with Crippen molar-refractivity contribution in [1.82, 2.24) is 14.8 Å².